The first-order valence-corrected chi connectivity index (χ1v) is 8.82. The summed E-state index contributed by atoms with van der Waals surface area (Å²) in [5.74, 6) is 2.09. The monoisotopic (exact) mass is 378 g/mol. The number of halogens is 2. The van der Waals surface area contributed by atoms with Crippen LogP contribution in [0, 0.1) is 5.92 Å². The summed E-state index contributed by atoms with van der Waals surface area (Å²) >= 11 is 12.0. The Balaban J connectivity index is 1.33. The van der Waals surface area contributed by atoms with Crippen LogP contribution in [0.25, 0.3) is 5.65 Å². The molecule has 0 amide bonds. The fourth-order valence-electron chi connectivity index (χ4n) is 2.96. The van der Waals surface area contributed by atoms with Gasteiger partial charge in [-0.25, -0.2) is 0 Å². The number of benzene rings is 1. The topological polar surface area (TPSA) is 68.4 Å². The third kappa shape index (κ3) is 3.77. The average Bonchev–Trinajstić information content (AvgIpc) is 3.07. The molecular formula is C16H16Cl2N6O. The maximum atomic E-state index is 6.00. The summed E-state index contributed by atoms with van der Waals surface area (Å²) in [5.41, 5.74) is 0.646. The zero-order valence-electron chi connectivity index (χ0n) is 13.3. The number of nitrogens with zero attached hydrogens (tertiary/aromatic N) is 6. The Bertz CT molecular complexity index is 858. The van der Waals surface area contributed by atoms with E-state index in [0.717, 1.165) is 31.7 Å². The molecule has 0 atom stereocenters. The second-order valence-corrected chi connectivity index (χ2v) is 6.94. The minimum atomic E-state index is 0.491. The van der Waals surface area contributed by atoms with Crippen LogP contribution in [0.4, 0.5) is 5.82 Å². The fraction of sp³-hybridized carbons (Fsp3) is 0.375. The highest BCUT2D eigenvalue weighted by atomic mass is 35.5. The second-order valence-electron chi connectivity index (χ2n) is 6.06. The number of hydrogen-bond acceptors (Lipinski definition) is 6. The van der Waals surface area contributed by atoms with Crippen LogP contribution in [-0.2, 0) is 0 Å². The molecule has 1 fully saturated rings. The highest BCUT2D eigenvalue weighted by Crippen LogP contribution is 2.26. The van der Waals surface area contributed by atoms with Gasteiger partial charge in [-0.3, -0.25) is 0 Å². The quantitative estimate of drug-likeness (QED) is 0.694. The zero-order valence-corrected chi connectivity index (χ0v) is 14.9. The van der Waals surface area contributed by atoms with E-state index in [2.05, 4.69) is 25.5 Å². The molecule has 3 heterocycles. The van der Waals surface area contributed by atoms with Gasteiger partial charge < -0.3 is 9.64 Å². The molecule has 7 nitrogen and oxygen atoms in total. The number of anilines is 1. The maximum Gasteiger partial charge on any atom is 0.200 e. The van der Waals surface area contributed by atoms with E-state index in [0.29, 0.717) is 34.0 Å². The van der Waals surface area contributed by atoms with Gasteiger partial charge in [0.1, 0.15) is 5.75 Å². The summed E-state index contributed by atoms with van der Waals surface area (Å²) in [4.78, 5) is 2.24. The summed E-state index contributed by atoms with van der Waals surface area (Å²) in [6, 6.07) is 9.10. The van der Waals surface area contributed by atoms with Crippen molar-refractivity contribution in [3.05, 3.63) is 40.4 Å². The van der Waals surface area contributed by atoms with Gasteiger partial charge in [-0.05, 0) is 59.5 Å². The van der Waals surface area contributed by atoms with Crippen LogP contribution in [0.2, 0.25) is 10.0 Å². The SMILES string of the molecule is Clc1cc(Cl)cc(OCC2CCN(c3ccc4nnnn4n3)CC2)c1. The Hall–Kier alpha value is -2.12. The number of hydrogen-bond donors (Lipinski definition) is 0. The molecule has 1 saturated heterocycles. The lowest BCUT2D eigenvalue weighted by molar-refractivity contribution is 0.222. The first-order valence-electron chi connectivity index (χ1n) is 8.07. The van der Waals surface area contributed by atoms with Gasteiger partial charge in [0.15, 0.2) is 11.5 Å². The van der Waals surface area contributed by atoms with Crippen LogP contribution >= 0.6 is 23.2 Å². The van der Waals surface area contributed by atoms with E-state index >= 15 is 0 Å². The Morgan fingerprint density at radius 3 is 2.60 bits per heavy atom. The van der Waals surface area contributed by atoms with Crippen molar-refractivity contribution in [1.82, 2.24) is 25.3 Å². The first kappa shape index (κ1) is 16.4. The summed E-state index contributed by atoms with van der Waals surface area (Å²) in [6.07, 6.45) is 2.06. The molecule has 0 aliphatic carbocycles. The third-order valence-electron chi connectivity index (χ3n) is 4.32. The molecule has 0 unspecified atom stereocenters. The number of ether oxygens (including phenoxy) is 1. The van der Waals surface area contributed by atoms with Crippen molar-refractivity contribution in [1.29, 1.82) is 0 Å². The van der Waals surface area contributed by atoms with Gasteiger partial charge in [0.25, 0.3) is 0 Å². The van der Waals surface area contributed by atoms with E-state index in [4.69, 9.17) is 27.9 Å². The normalized spacial score (nSPS) is 15.7. The smallest absolute Gasteiger partial charge is 0.200 e. The predicted octanol–water partition coefficient (Wildman–Crippen LogP) is 3.12. The Kier molecular flexibility index (Phi) is 4.59. The largest absolute Gasteiger partial charge is 0.493 e. The van der Waals surface area contributed by atoms with Gasteiger partial charge in [-0.1, -0.05) is 23.2 Å². The standard InChI is InChI=1S/C16H16Cl2N6O/c17-12-7-13(18)9-14(8-12)25-10-11-3-5-23(6-4-11)16-2-1-15-19-21-22-24(15)20-16/h1-2,7-9,11H,3-6,10H2. The molecule has 3 aromatic rings. The van der Waals surface area contributed by atoms with Crippen molar-refractivity contribution < 1.29 is 4.74 Å². The fourth-order valence-corrected chi connectivity index (χ4v) is 3.47. The second kappa shape index (κ2) is 7.01. The maximum absolute atomic E-state index is 6.00. The van der Waals surface area contributed by atoms with Crippen molar-refractivity contribution in [2.24, 2.45) is 5.92 Å². The van der Waals surface area contributed by atoms with Crippen molar-refractivity contribution in [2.45, 2.75) is 12.8 Å². The summed E-state index contributed by atoms with van der Waals surface area (Å²) < 4.78 is 7.31. The van der Waals surface area contributed by atoms with Gasteiger partial charge in [-0.2, -0.15) is 0 Å². The van der Waals surface area contributed by atoms with Crippen molar-refractivity contribution in [3.8, 4) is 5.75 Å². The highest BCUT2D eigenvalue weighted by Gasteiger charge is 2.21. The lowest BCUT2D eigenvalue weighted by Gasteiger charge is -2.32. The van der Waals surface area contributed by atoms with E-state index < -0.39 is 0 Å². The van der Waals surface area contributed by atoms with Crippen LogP contribution in [0.3, 0.4) is 0 Å². The van der Waals surface area contributed by atoms with Crippen LogP contribution in [0.5, 0.6) is 5.75 Å². The number of piperidine rings is 1. The van der Waals surface area contributed by atoms with Crippen molar-refractivity contribution >= 4 is 34.7 Å². The Labute approximate surface area is 154 Å². The van der Waals surface area contributed by atoms with E-state index in [1.165, 1.54) is 4.63 Å². The van der Waals surface area contributed by atoms with Crippen LogP contribution in [-0.4, -0.2) is 45.0 Å². The molecule has 0 saturated carbocycles. The molecule has 0 bridgehead atoms. The van der Waals surface area contributed by atoms with Gasteiger partial charge in [0.2, 0.25) is 0 Å². The molecule has 0 radical (unpaired) electrons. The highest BCUT2D eigenvalue weighted by molar-refractivity contribution is 6.34. The zero-order chi connectivity index (χ0) is 17.2. The first-order chi connectivity index (χ1) is 12.2. The van der Waals surface area contributed by atoms with Gasteiger partial charge in [-0.15, -0.1) is 14.8 Å². The van der Waals surface area contributed by atoms with E-state index in [1.807, 2.05) is 12.1 Å². The van der Waals surface area contributed by atoms with Gasteiger partial charge >= 0.3 is 0 Å². The van der Waals surface area contributed by atoms with Gasteiger partial charge in [0, 0.05) is 23.1 Å². The summed E-state index contributed by atoms with van der Waals surface area (Å²) in [6.45, 7) is 2.50. The van der Waals surface area contributed by atoms with E-state index in [1.54, 1.807) is 18.2 Å². The molecule has 2 aromatic heterocycles. The Morgan fingerprint density at radius 1 is 1.08 bits per heavy atom. The van der Waals surface area contributed by atoms with Crippen LogP contribution in [0.15, 0.2) is 30.3 Å². The number of tetrazole rings is 1. The lowest BCUT2D eigenvalue weighted by atomic mass is 9.98. The lowest BCUT2D eigenvalue weighted by Crippen LogP contribution is -2.36. The van der Waals surface area contributed by atoms with E-state index in [9.17, 15) is 0 Å². The average molecular weight is 379 g/mol. The summed E-state index contributed by atoms with van der Waals surface area (Å²) in [5, 5.41) is 16.9. The molecule has 0 spiro atoms. The third-order valence-corrected chi connectivity index (χ3v) is 4.75. The molecule has 0 N–H and O–H groups in total. The molecule has 9 heteroatoms. The number of aromatic nitrogens is 5. The minimum Gasteiger partial charge on any atom is -0.493 e. The number of fused-ring (bicyclic) bond motifs is 1. The van der Waals surface area contributed by atoms with Crippen LogP contribution < -0.4 is 9.64 Å². The van der Waals surface area contributed by atoms with Crippen molar-refractivity contribution in [3.63, 3.8) is 0 Å². The van der Waals surface area contributed by atoms with Gasteiger partial charge in [0.05, 0.1) is 6.61 Å². The number of rotatable bonds is 4. The molecule has 1 aromatic carbocycles. The molecule has 25 heavy (non-hydrogen) atoms. The van der Waals surface area contributed by atoms with Crippen LogP contribution in [0.1, 0.15) is 12.8 Å². The summed E-state index contributed by atoms with van der Waals surface area (Å²) in [7, 11) is 0. The molecule has 1 aliphatic heterocycles. The molecule has 1 aliphatic rings. The Morgan fingerprint density at radius 2 is 1.84 bits per heavy atom. The molecule has 4 rings (SSSR count). The molecule has 130 valence electrons. The molecular weight excluding hydrogens is 363 g/mol. The van der Waals surface area contributed by atoms with Crippen molar-refractivity contribution in [2.75, 3.05) is 24.6 Å². The van der Waals surface area contributed by atoms with E-state index in [-0.39, 0.29) is 0 Å². The minimum absolute atomic E-state index is 0.491. The predicted molar refractivity (Wildman–Crippen MR) is 95.5 cm³/mol.